The van der Waals surface area contributed by atoms with Crippen molar-refractivity contribution in [2.75, 3.05) is 0 Å². The molecule has 1 aromatic heterocycles. The van der Waals surface area contributed by atoms with E-state index in [0.29, 0.717) is 0 Å². The van der Waals surface area contributed by atoms with Gasteiger partial charge in [-0.3, -0.25) is 0 Å². The molecule has 0 aromatic carbocycles. The van der Waals surface area contributed by atoms with Gasteiger partial charge in [0.05, 0.1) is 0 Å². The lowest BCUT2D eigenvalue weighted by molar-refractivity contribution is 0.0632. The molecule has 0 saturated carbocycles. The highest BCUT2D eigenvalue weighted by molar-refractivity contribution is 5.88. The summed E-state index contributed by atoms with van der Waals surface area (Å²) in [4.78, 5) is 20.3. The predicted octanol–water partition coefficient (Wildman–Crippen LogP) is 1.70. The van der Waals surface area contributed by atoms with E-state index in [-0.39, 0.29) is 11.5 Å². The highest BCUT2D eigenvalue weighted by Crippen LogP contribution is 2.06. The third-order valence-corrected chi connectivity index (χ3v) is 1.03. The van der Waals surface area contributed by atoms with Gasteiger partial charge in [0.1, 0.15) is 0 Å². The molecule has 0 atom stereocenters. The fraction of sp³-hybridized carbons (Fsp3) is 0.250. The first-order chi connectivity index (χ1) is 6.11. The summed E-state index contributed by atoms with van der Waals surface area (Å²) in [5.41, 5.74) is 0. The van der Waals surface area contributed by atoms with E-state index in [2.05, 4.69) is 4.42 Å². The third-order valence-electron chi connectivity index (χ3n) is 1.03. The Hall–Kier alpha value is -1.78. The molecule has 0 aliphatic rings. The zero-order chi connectivity index (χ0) is 10.4. The molecule has 72 valence electrons. The molecular formula is C8H10O5. The van der Waals surface area contributed by atoms with E-state index in [4.69, 9.17) is 10.2 Å². The lowest BCUT2D eigenvalue weighted by Crippen LogP contribution is -1.94. The largest absolute Gasteiger partial charge is 0.475 e. The maximum atomic E-state index is 10.2. The lowest BCUT2D eigenvalue weighted by Gasteiger charge is -1.84. The fourth-order valence-corrected chi connectivity index (χ4v) is 0.568. The number of carboxylic acid groups (broad SMARTS) is 2. The van der Waals surface area contributed by atoms with Crippen LogP contribution in [0.2, 0.25) is 0 Å². The van der Waals surface area contributed by atoms with Gasteiger partial charge in [0.25, 0.3) is 0 Å². The molecule has 0 bridgehead atoms. The van der Waals surface area contributed by atoms with E-state index in [9.17, 15) is 9.59 Å². The molecule has 0 aliphatic carbocycles. The van der Waals surface area contributed by atoms with Gasteiger partial charge in [-0.25, -0.2) is 9.59 Å². The molecular weight excluding hydrogens is 176 g/mol. The molecule has 5 nitrogen and oxygen atoms in total. The molecule has 0 amide bonds. The second kappa shape index (κ2) is 4.97. The van der Waals surface area contributed by atoms with E-state index >= 15 is 0 Å². The lowest BCUT2D eigenvalue weighted by atomic mass is 10.4. The van der Waals surface area contributed by atoms with Gasteiger partial charge in [0.15, 0.2) is 0 Å². The van der Waals surface area contributed by atoms with Gasteiger partial charge in [0.2, 0.25) is 11.5 Å². The quantitative estimate of drug-likeness (QED) is 0.733. The summed E-state index contributed by atoms with van der Waals surface area (Å²) in [5, 5.41) is 16.6. The monoisotopic (exact) mass is 186 g/mol. The van der Waals surface area contributed by atoms with Crippen molar-refractivity contribution in [1.29, 1.82) is 0 Å². The van der Waals surface area contributed by atoms with Crippen LogP contribution in [-0.2, 0) is 0 Å². The van der Waals surface area contributed by atoms with Crippen LogP contribution in [0.3, 0.4) is 0 Å². The van der Waals surface area contributed by atoms with Crippen molar-refractivity contribution in [1.82, 2.24) is 0 Å². The van der Waals surface area contributed by atoms with Crippen LogP contribution in [0.5, 0.6) is 0 Å². The highest BCUT2D eigenvalue weighted by Gasteiger charge is 2.12. The Morgan fingerprint density at radius 1 is 1.08 bits per heavy atom. The van der Waals surface area contributed by atoms with Crippen LogP contribution in [0.1, 0.15) is 35.0 Å². The fourth-order valence-electron chi connectivity index (χ4n) is 0.568. The molecule has 0 fully saturated rings. The average molecular weight is 186 g/mol. The number of carboxylic acids is 2. The number of furan rings is 1. The van der Waals surface area contributed by atoms with Crippen LogP contribution in [0.15, 0.2) is 16.5 Å². The first-order valence-electron chi connectivity index (χ1n) is 3.67. The standard InChI is InChI=1S/C6H4O5.C2H6/c7-5(8)3-1-2-4(11-3)6(9)10;1-2/h1-2H,(H,7,8)(H,9,10);1-2H3. The van der Waals surface area contributed by atoms with Crippen molar-refractivity contribution in [3.05, 3.63) is 23.7 Å². The SMILES string of the molecule is CC.O=C(O)c1ccc(C(=O)O)o1. The van der Waals surface area contributed by atoms with Crippen LogP contribution in [-0.4, -0.2) is 22.2 Å². The summed E-state index contributed by atoms with van der Waals surface area (Å²) in [6.45, 7) is 4.00. The Morgan fingerprint density at radius 2 is 1.38 bits per heavy atom. The number of carbonyl (C=O) groups is 2. The van der Waals surface area contributed by atoms with E-state index in [1.165, 1.54) is 0 Å². The molecule has 1 rings (SSSR count). The highest BCUT2D eigenvalue weighted by atomic mass is 16.4. The predicted molar refractivity (Wildman–Crippen MR) is 44.0 cm³/mol. The molecule has 0 saturated heterocycles. The van der Waals surface area contributed by atoms with E-state index in [1.54, 1.807) is 0 Å². The summed E-state index contributed by atoms with van der Waals surface area (Å²) in [7, 11) is 0. The molecule has 0 radical (unpaired) electrons. The summed E-state index contributed by atoms with van der Waals surface area (Å²) < 4.78 is 4.41. The minimum Gasteiger partial charge on any atom is -0.475 e. The molecule has 0 aliphatic heterocycles. The Labute approximate surface area is 74.6 Å². The summed E-state index contributed by atoms with van der Waals surface area (Å²) >= 11 is 0. The minimum atomic E-state index is -1.28. The summed E-state index contributed by atoms with van der Waals surface area (Å²) in [6.07, 6.45) is 0. The zero-order valence-corrected chi connectivity index (χ0v) is 7.27. The Balaban J connectivity index is 0.000000671. The number of aromatic carboxylic acids is 2. The summed E-state index contributed by atoms with van der Waals surface area (Å²) in [5.74, 6) is -3.31. The van der Waals surface area contributed by atoms with Gasteiger partial charge in [-0.2, -0.15) is 0 Å². The average Bonchev–Trinajstić information content (AvgIpc) is 2.56. The van der Waals surface area contributed by atoms with Crippen LogP contribution in [0.4, 0.5) is 0 Å². The van der Waals surface area contributed by atoms with Crippen molar-refractivity contribution >= 4 is 11.9 Å². The van der Waals surface area contributed by atoms with E-state index in [1.807, 2.05) is 13.8 Å². The van der Waals surface area contributed by atoms with E-state index in [0.717, 1.165) is 12.1 Å². The van der Waals surface area contributed by atoms with Crippen LogP contribution >= 0.6 is 0 Å². The third kappa shape index (κ3) is 2.98. The second-order valence-electron chi connectivity index (χ2n) is 1.77. The van der Waals surface area contributed by atoms with Crippen molar-refractivity contribution in [2.45, 2.75) is 13.8 Å². The van der Waals surface area contributed by atoms with E-state index < -0.39 is 11.9 Å². The maximum absolute atomic E-state index is 10.2. The normalized spacial score (nSPS) is 8.46. The number of rotatable bonds is 2. The Bertz CT molecular complexity index is 271. The number of hydrogen-bond acceptors (Lipinski definition) is 3. The minimum absolute atomic E-state index is 0.373. The zero-order valence-electron chi connectivity index (χ0n) is 7.27. The molecule has 13 heavy (non-hydrogen) atoms. The molecule has 1 heterocycles. The van der Waals surface area contributed by atoms with Crippen molar-refractivity contribution in [3.8, 4) is 0 Å². The van der Waals surface area contributed by atoms with Crippen molar-refractivity contribution < 1.29 is 24.2 Å². The molecule has 0 spiro atoms. The van der Waals surface area contributed by atoms with Gasteiger partial charge in [-0.1, -0.05) is 13.8 Å². The van der Waals surface area contributed by atoms with Crippen LogP contribution in [0.25, 0.3) is 0 Å². The van der Waals surface area contributed by atoms with Crippen LogP contribution in [0, 0.1) is 0 Å². The van der Waals surface area contributed by atoms with Gasteiger partial charge >= 0.3 is 11.9 Å². The Kier molecular flexibility index (Phi) is 4.29. The molecule has 1 aromatic rings. The molecule has 0 unspecified atom stereocenters. The van der Waals surface area contributed by atoms with Gasteiger partial charge in [-0.15, -0.1) is 0 Å². The first kappa shape index (κ1) is 11.2. The Morgan fingerprint density at radius 3 is 1.54 bits per heavy atom. The van der Waals surface area contributed by atoms with Gasteiger partial charge in [0, 0.05) is 0 Å². The molecule has 5 heteroatoms. The smallest absolute Gasteiger partial charge is 0.371 e. The summed E-state index contributed by atoms with van der Waals surface area (Å²) in [6, 6.07) is 2.18. The maximum Gasteiger partial charge on any atom is 0.371 e. The van der Waals surface area contributed by atoms with Crippen molar-refractivity contribution in [2.24, 2.45) is 0 Å². The van der Waals surface area contributed by atoms with Crippen LogP contribution < -0.4 is 0 Å². The van der Waals surface area contributed by atoms with Crippen molar-refractivity contribution in [3.63, 3.8) is 0 Å². The molecule has 2 N–H and O–H groups in total. The topological polar surface area (TPSA) is 87.7 Å². The first-order valence-corrected chi connectivity index (χ1v) is 3.67. The second-order valence-corrected chi connectivity index (χ2v) is 1.77. The van der Waals surface area contributed by atoms with Gasteiger partial charge in [-0.05, 0) is 12.1 Å². The van der Waals surface area contributed by atoms with Gasteiger partial charge < -0.3 is 14.6 Å². The number of hydrogen-bond donors (Lipinski definition) is 2.